The van der Waals surface area contributed by atoms with Crippen molar-refractivity contribution in [3.8, 4) is 17.2 Å². The average Bonchev–Trinajstić information content (AvgIpc) is 2.17. The van der Waals surface area contributed by atoms with Crippen molar-refractivity contribution in [2.24, 2.45) is 0 Å². The molecule has 0 fully saturated rings. The lowest BCUT2D eigenvalue weighted by atomic mass is 10.2. The second kappa shape index (κ2) is 5.13. The second-order valence-electron chi connectivity index (χ2n) is 4.92. The number of halogens is 4. The van der Waals surface area contributed by atoms with Crippen LogP contribution in [0, 0.1) is 17.3 Å². The predicted octanol–water partition coefficient (Wildman–Crippen LogP) is 3.54. The molecule has 0 aliphatic carbocycles. The Balaban J connectivity index is 3.13. The van der Waals surface area contributed by atoms with Crippen LogP contribution >= 0.6 is 0 Å². The molecule has 0 atom stereocenters. The molecule has 0 radical (unpaired) electrons. The molecule has 1 aromatic carbocycles. The van der Waals surface area contributed by atoms with Gasteiger partial charge in [0, 0.05) is 6.07 Å². The van der Waals surface area contributed by atoms with Gasteiger partial charge in [-0.15, -0.1) is 18.7 Å². The van der Waals surface area contributed by atoms with E-state index >= 15 is 0 Å². The van der Waals surface area contributed by atoms with Crippen LogP contribution in [0.2, 0.25) is 19.6 Å². The molecule has 0 aliphatic heterocycles. The van der Waals surface area contributed by atoms with Gasteiger partial charge in [-0.05, 0) is 6.07 Å². The highest BCUT2D eigenvalue weighted by atomic mass is 28.3. The number of anilines is 1. The van der Waals surface area contributed by atoms with Gasteiger partial charge in [0.1, 0.15) is 8.07 Å². The molecule has 0 spiro atoms. The molecule has 19 heavy (non-hydrogen) atoms. The van der Waals surface area contributed by atoms with Gasteiger partial charge in [-0.1, -0.05) is 25.6 Å². The van der Waals surface area contributed by atoms with Crippen molar-refractivity contribution < 1.29 is 22.3 Å². The molecule has 0 saturated heterocycles. The van der Waals surface area contributed by atoms with Crippen molar-refractivity contribution >= 4 is 13.8 Å². The van der Waals surface area contributed by atoms with Crippen LogP contribution in [0.1, 0.15) is 5.56 Å². The molecule has 0 saturated carbocycles. The molecule has 0 aliphatic rings. The maximum absolute atomic E-state index is 13.4. The molecular formula is C12H13F4NOSi. The number of hydrogen-bond acceptors (Lipinski definition) is 2. The molecule has 2 N–H and O–H groups in total. The average molecular weight is 291 g/mol. The Morgan fingerprint density at radius 1 is 1.21 bits per heavy atom. The van der Waals surface area contributed by atoms with Gasteiger partial charge < -0.3 is 10.5 Å². The summed E-state index contributed by atoms with van der Waals surface area (Å²) in [5, 5.41) is 0. The highest BCUT2D eigenvalue weighted by molar-refractivity contribution is 6.83. The molecule has 1 rings (SSSR count). The van der Waals surface area contributed by atoms with Gasteiger partial charge in [-0.25, -0.2) is 4.39 Å². The first-order valence-electron chi connectivity index (χ1n) is 5.36. The monoisotopic (exact) mass is 291 g/mol. The third-order valence-electron chi connectivity index (χ3n) is 1.90. The minimum Gasteiger partial charge on any atom is -0.403 e. The topological polar surface area (TPSA) is 35.2 Å². The Bertz CT molecular complexity index is 538. The van der Waals surface area contributed by atoms with E-state index in [9.17, 15) is 17.6 Å². The van der Waals surface area contributed by atoms with Crippen molar-refractivity contribution in [2.45, 2.75) is 26.0 Å². The minimum absolute atomic E-state index is 0.0496. The maximum Gasteiger partial charge on any atom is 0.573 e. The first-order valence-corrected chi connectivity index (χ1v) is 8.86. The predicted molar refractivity (Wildman–Crippen MR) is 67.7 cm³/mol. The van der Waals surface area contributed by atoms with E-state index in [4.69, 9.17) is 5.73 Å². The fourth-order valence-electron chi connectivity index (χ4n) is 1.14. The van der Waals surface area contributed by atoms with Crippen LogP contribution in [-0.4, -0.2) is 14.4 Å². The lowest BCUT2D eigenvalue weighted by Crippen LogP contribution is -2.18. The molecule has 0 unspecified atom stereocenters. The number of nitrogen functional groups attached to an aromatic ring is 1. The summed E-state index contributed by atoms with van der Waals surface area (Å²) in [6, 6.07) is 1.64. The Kier molecular flexibility index (Phi) is 4.15. The first kappa shape index (κ1) is 15.4. The summed E-state index contributed by atoms with van der Waals surface area (Å²) in [7, 11) is -1.68. The van der Waals surface area contributed by atoms with Crippen molar-refractivity contribution in [2.75, 3.05) is 5.73 Å². The van der Waals surface area contributed by atoms with E-state index in [1.54, 1.807) is 0 Å². The van der Waals surface area contributed by atoms with Gasteiger partial charge in [0.25, 0.3) is 0 Å². The molecule has 104 valence electrons. The smallest absolute Gasteiger partial charge is 0.403 e. The van der Waals surface area contributed by atoms with Crippen LogP contribution in [0.3, 0.4) is 0 Å². The van der Waals surface area contributed by atoms with Crippen molar-refractivity contribution in [1.82, 2.24) is 0 Å². The molecular weight excluding hydrogens is 278 g/mol. The fraction of sp³-hybridized carbons (Fsp3) is 0.333. The molecule has 7 heteroatoms. The minimum atomic E-state index is -4.96. The zero-order valence-electron chi connectivity index (χ0n) is 10.7. The number of benzene rings is 1. The number of hydrogen-bond donors (Lipinski definition) is 1. The summed E-state index contributed by atoms with van der Waals surface area (Å²) in [5.41, 5.74) is 8.60. The quantitative estimate of drug-likeness (QED) is 0.372. The molecule has 0 heterocycles. The highest BCUT2D eigenvalue weighted by Gasteiger charge is 2.32. The molecule has 0 amide bonds. The highest BCUT2D eigenvalue weighted by Crippen LogP contribution is 2.29. The third kappa shape index (κ3) is 5.22. The Labute approximate surface area is 109 Å². The van der Waals surface area contributed by atoms with E-state index in [1.807, 2.05) is 19.6 Å². The van der Waals surface area contributed by atoms with E-state index in [0.29, 0.717) is 0 Å². The van der Waals surface area contributed by atoms with Crippen LogP contribution in [0.4, 0.5) is 23.2 Å². The van der Waals surface area contributed by atoms with Crippen molar-refractivity contribution in [3.05, 3.63) is 23.5 Å². The van der Waals surface area contributed by atoms with Crippen molar-refractivity contribution in [1.29, 1.82) is 0 Å². The fourth-order valence-corrected chi connectivity index (χ4v) is 1.64. The Hall–Kier alpha value is -1.68. The van der Waals surface area contributed by atoms with Crippen LogP contribution in [0.15, 0.2) is 12.1 Å². The number of ether oxygens (including phenoxy) is 1. The van der Waals surface area contributed by atoms with Gasteiger partial charge >= 0.3 is 6.36 Å². The van der Waals surface area contributed by atoms with Gasteiger partial charge in [-0.2, -0.15) is 0 Å². The van der Waals surface area contributed by atoms with Crippen molar-refractivity contribution in [3.63, 3.8) is 0 Å². The summed E-state index contributed by atoms with van der Waals surface area (Å²) in [6.45, 7) is 5.94. The van der Waals surface area contributed by atoms with Crippen LogP contribution in [-0.2, 0) is 0 Å². The van der Waals surface area contributed by atoms with E-state index in [1.165, 1.54) is 0 Å². The number of alkyl halides is 3. The first-order chi connectivity index (χ1) is 8.48. The number of rotatable bonds is 1. The number of nitrogens with two attached hydrogens (primary N) is 1. The van der Waals surface area contributed by atoms with Gasteiger partial charge in [-0.3, -0.25) is 0 Å². The summed E-state index contributed by atoms with van der Waals surface area (Å²) in [6.07, 6.45) is -4.96. The Morgan fingerprint density at radius 3 is 2.26 bits per heavy atom. The largest absolute Gasteiger partial charge is 0.573 e. The third-order valence-corrected chi connectivity index (χ3v) is 2.78. The zero-order chi connectivity index (χ0) is 14.8. The van der Waals surface area contributed by atoms with Crippen LogP contribution in [0.25, 0.3) is 0 Å². The maximum atomic E-state index is 13.4. The lowest BCUT2D eigenvalue weighted by Gasteiger charge is -2.11. The van der Waals surface area contributed by atoms with Crippen LogP contribution < -0.4 is 10.5 Å². The molecule has 1 aromatic rings. The van der Waals surface area contributed by atoms with E-state index in [0.717, 1.165) is 12.1 Å². The van der Waals surface area contributed by atoms with E-state index in [-0.39, 0.29) is 11.3 Å². The van der Waals surface area contributed by atoms with Crippen LogP contribution in [0.5, 0.6) is 5.75 Å². The SMILES string of the molecule is C[Si](C)(C)C#Cc1cc(F)c(OC(F)(F)F)cc1N. The lowest BCUT2D eigenvalue weighted by molar-refractivity contribution is -0.275. The van der Waals surface area contributed by atoms with E-state index < -0.39 is 26.0 Å². The standard InChI is InChI=1S/C12H13F4NOSi/c1-19(2,3)5-4-8-6-9(13)11(7-10(8)17)18-12(14,15)16/h6-7H,17H2,1-3H3. The van der Waals surface area contributed by atoms with Gasteiger partial charge in [0.05, 0.1) is 11.3 Å². The zero-order valence-corrected chi connectivity index (χ0v) is 11.7. The van der Waals surface area contributed by atoms with Gasteiger partial charge in [0.15, 0.2) is 11.6 Å². The summed E-state index contributed by atoms with van der Waals surface area (Å²) < 4.78 is 53.0. The summed E-state index contributed by atoms with van der Waals surface area (Å²) in [5.74, 6) is 0.592. The normalized spacial score (nSPS) is 11.7. The summed E-state index contributed by atoms with van der Waals surface area (Å²) >= 11 is 0. The second-order valence-corrected chi connectivity index (χ2v) is 9.67. The summed E-state index contributed by atoms with van der Waals surface area (Å²) in [4.78, 5) is 0. The molecule has 0 aromatic heterocycles. The molecule has 2 nitrogen and oxygen atoms in total. The molecule has 0 bridgehead atoms. The van der Waals surface area contributed by atoms with E-state index in [2.05, 4.69) is 16.2 Å². The van der Waals surface area contributed by atoms with Gasteiger partial charge in [0.2, 0.25) is 0 Å². The Morgan fingerprint density at radius 2 is 1.79 bits per heavy atom.